The minimum atomic E-state index is -1.21. The van der Waals surface area contributed by atoms with Crippen molar-refractivity contribution in [2.45, 2.75) is 63.8 Å². The largest absolute Gasteiger partial charge is 0.487 e. The van der Waals surface area contributed by atoms with Crippen LogP contribution in [0.4, 0.5) is 0 Å². The Morgan fingerprint density at radius 2 is 1.23 bits per heavy atom. The number of benzene rings is 1. The van der Waals surface area contributed by atoms with Gasteiger partial charge in [0.25, 0.3) is 5.91 Å². The van der Waals surface area contributed by atoms with Crippen LogP contribution in [-0.4, -0.2) is 101 Å². The van der Waals surface area contributed by atoms with Gasteiger partial charge in [0.15, 0.2) is 11.5 Å². The monoisotopic (exact) mass is 503 g/mol. The number of nitrogens with one attached hydrogen (secondary N) is 1. The highest BCUT2D eigenvalue weighted by atomic mass is 16.6. The van der Waals surface area contributed by atoms with Gasteiger partial charge in [0, 0.05) is 12.1 Å². The fourth-order valence-electron chi connectivity index (χ4n) is 2.98. The third kappa shape index (κ3) is 12.4. The van der Waals surface area contributed by atoms with E-state index >= 15 is 0 Å². The SMILES string of the molecule is CCCCCCCCNC(=O)c1cc(OCC(O)CO)c(OCC(O)CO)c(OCC(O)CO)c1. The van der Waals surface area contributed by atoms with Crippen molar-refractivity contribution in [2.75, 3.05) is 46.2 Å². The Morgan fingerprint density at radius 3 is 1.71 bits per heavy atom. The molecule has 3 unspecified atom stereocenters. The normalized spacial score (nSPS) is 13.7. The van der Waals surface area contributed by atoms with Gasteiger partial charge in [0.1, 0.15) is 38.1 Å². The molecule has 1 amide bonds. The highest BCUT2D eigenvalue weighted by Gasteiger charge is 2.21. The summed E-state index contributed by atoms with van der Waals surface area (Å²) in [6.07, 6.45) is 2.85. The standard InChI is InChI=1S/C24H41NO10/c1-2-3-4-5-6-7-8-25-24(32)17-9-21(33-14-18(29)11-26)23(35-16-20(31)13-28)22(10-17)34-15-19(30)12-27/h9-10,18-20,26-31H,2-8,11-16H2,1H3,(H,25,32). The van der Waals surface area contributed by atoms with Crippen molar-refractivity contribution >= 4 is 5.91 Å². The van der Waals surface area contributed by atoms with Crippen molar-refractivity contribution in [1.82, 2.24) is 5.32 Å². The van der Waals surface area contributed by atoms with Crippen LogP contribution in [0, 0.1) is 0 Å². The lowest BCUT2D eigenvalue weighted by atomic mass is 10.1. The number of unbranched alkanes of at least 4 members (excludes halogenated alkanes) is 5. The molecule has 202 valence electrons. The van der Waals surface area contributed by atoms with Crippen LogP contribution in [-0.2, 0) is 0 Å². The topological polar surface area (TPSA) is 178 Å². The predicted molar refractivity (Wildman–Crippen MR) is 128 cm³/mol. The molecule has 0 fully saturated rings. The van der Waals surface area contributed by atoms with Crippen molar-refractivity contribution in [2.24, 2.45) is 0 Å². The van der Waals surface area contributed by atoms with Crippen LogP contribution in [0.3, 0.4) is 0 Å². The summed E-state index contributed by atoms with van der Waals surface area (Å²) in [6.45, 7) is -0.0155. The molecule has 0 radical (unpaired) electrons. The fourth-order valence-corrected chi connectivity index (χ4v) is 2.98. The summed E-state index contributed by atoms with van der Waals surface area (Å²) in [5.74, 6) is -0.465. The van der Waals surface area contributed by atoms with E-state index in [4.69, 9.17) is 29.5 Å². The molecule has 1 rings (SSSR count). The lowest BCUT2D eigenvalue weighted by Gasteiger charge is -2.21. The summed E-state index contributed by atoms with van der Waals surface area (Å²) in [5, 5.41) is 59.1. The number of rotatable bonds is 20. The molecule has 0 aliphatic heterocycles. The van der Waals surface area contributed by atoms with Gasteiger partial charge in [-0.3, -0.25) is 4.79 Å². The minimum Gasteiger partial charge on any atom is -0.487 e. The molecule has 1 aromatic rings. The van der Waals surface area contributed by atoms with Gasteiger partial charge in [0.05, 0.1) is 19.8 Å². The first-order valence-electron chi connectivity index (χ1n) is 12.1. The maximum absolute atomic E-state index is 12.8. The van der Waals surface area contributed by atoms with E-state index in [1.54, 1.807) is 0 Å². The molecule has 0 aliphatic carbocycles. The van der Waals surface area contributed by atoms with E-state index in [9.17, 15) is 20.1 Å². The Kier molecular flexibility index (Phi) is 16.0. The van der Waals surface area contributed by atoms with Gasteiger partial charge in [-0.1, -0.05) is 39.0 Å². The van der Waals surface area contributed by atoms with E-state index in [1.165, 1.54) is 18.6 Å². The highest BCUT2D eigenvalue weighted by Crippen LogP contribution is 2.39. The molecule has 0 bridgehead atoms. The first-order valence-corrected chi connectivity index (χ1v) is 12.1. The van der Waals surface area contributed by atoms with Crippen LogP contribution in [0.5, 0.6) is 17.2 Å². The Morgan fingerprint density at radius 1 is 0.771 bits per heavy atom. The van der Waals surface area contributed by atoms with Crippen molar-refractivity contribution < 1.29 is 49.6 Å². The zero-order valence-electron chi connectivity index (χ0n) is 20.4. The molecule has 11 nitrogen and oxygen atoms in total. The Labute approximate surface area is 206 Å². The van der Waals surface area contributed by atoms with Crippen LogP contribution < -0.4 is 19.5 Å². The van der Waals surface area contributed by atoms with Crippen molar-refractivity contribution in [1.29, 1.82) is 0 Å². The Bertz CT molecular complexity index is 683. The summed E-state index contributed by atoms with van der Waals surface area (Å²) < 4.78 is 16.7. The zero-order chi connectivity index (χ0) is 26.1. The molecule has 35 heavy (non-hydrogen) atoms. The summed E-state index contributed by atoms with van der Waals surface area (Å²) in [6, 6.07) is 2.74. The molecule has 3 atom stereocenters. The average Bonchev–Trinajstić information content (AvgIpc) is 2.87. The average molecular weight is 504 g/mol. The van der Waals surface area contributed by atoms with Crippen LogP contribution in [0.2, 0.25) is 0 Å². The van der Waals surface area contributed by atoms with E-state index in [0.717, 1.165) is 32.1 Å². The van der Waals surface area contributed by atoms with Gasteiger partial charge in [-0.2, -0.15) is 0 Å². The second-order valence-electron chi connectivity index (χ2n) is 8.27. The zero-order valence-corrected chi connectivity index (χ0v) is 20.4. The number of aliphatic hydroxyl groups excluding tert-OH is 6. The number of amides is 1. The molecule has 0 heterocycles. The molecule has 0 aromatic heterocycles. The minimum absolute atomic E-state index is 0.0108. The quantitative estimate of drug-likeness (QED) is 0.120. The molecule has 0 aliphatic rings. The van der Waals surface area contributed by atoms with Gasteiger partial charge in [0.2, 0.25) is 5.75 Å². The van der Waals surface area contributed by atoms with Gasteiger partial charge in [-0.15, -0.1) is 0 Å². The van der Waals surface area contributed by atoms with Crippen LogP contribution >= 0.6 is 0 Å². The third-order valence-corrected chi connectivity index (χ3v) is 5.01. The second kappa shape index (κ2) is 18.2. The van der Waals surface area contributed by atoms with E-state index in [1.807, 2.05) is 0 Å². The predicted octanol–water partition coefficient (Wildman–Crippen LogP) is -0.0271. The number of aliphatic hydroxyl groups is 6. The third-order valence-electron chi connectivity index (χ3n) is 5.01. The van der Waals surface area contributed by atoms with Gasteiger partial charge in [-0.25, -0.2) is 0 Å². The summed E-state index contributed by atoms with van der Waals surface area (Å²) in [4.78, 5) is 12.8. The molecular formula is C24H41NO10. The highest BCUT2D eigenvalue weighted by molar-refractivity contribution is 5.95. The van der Waals surface area contributed by atoms with Gasteiger partial charge in [-0.05, 0) is 18.6 Å². The van der Waals surface area contributed by atoms with E-state index in [0.29, 0.717) is 6.54 Å². The summed E-state index contributed by atoms with van der Waals surface area (Å²) >= 11 is 0. The summed E-state index contributed by atoms with van der Waals surface area (Å²) in [7, 11) is 0. The molecule has 7 N–H and O–H groups in total. The molecule has 1 aromatic carbocycles. The van der Waals surface area contributed by atoms with Crippen LogP contribution in [0.15, 0.2) is 12.1 Å². The number of hydrogen-bond acceptors (Lipinski definition) is 10. The summed E-state index contributed by atoms with van der Waals surface area (Å²) in [5.41, 5.74) is 0.160. The maximum Gasteiger partial charge on any atom is 0.251 e. The van der Waals surface area contributed by atoms with E-state index in [-0.39, 0.29) is 42.6 Å². The molecule has 0 spiro atoms. The lowest BCUT2D eigenvalue weighted by molar-refractivity contribution is 0.0392. The van der Waals surface area contributed by atoms with Crippen molar-refractivity contribution in [3.63, 3.8) is 0 Å². The Balaban J connectivity index is 3.08. The van der Waals surface area contributed by atoms with E-state index in [2.05, 4.69) is 12.2 Å². The first-order chi connectivity index (χ1) is 16.9. The number of hydrogen-bond donors (Lipinski definition) is 7. The number of ether oxygens (including phenoxy) is 3. The second-order valence-corrected chi connectivity index (χ2v) is 8.27. The lowest BCUT2D eigenvalue weighted by Crippen LogP contribution is -2.26. The van der Waals surface area contributed by atoms with Crippen molar-refractivity contribution in [3.8, 4) is 17.2 Å². The van der Waals surface area contributed by atoms with Crippen molar-refractivity contribution in [3.05, 3.63) is 17.7 Å². The first kappa shape index (κ1) is 30.9. The van der Waals surface area contributed by atoms with Gasteiger partial charge < -0.3 is 50.2 Å². The molecule has 0 saturated carbocycles. The number of carbonyl (C=O) groups excluding carboxylic acids is 1. The maximum atomic E-state index is 12.8. The van der Waals surface area contributed by atoms with Crippen LogP contribution in [0.25, 0.3) is 0 Å². The molecular weight excluding hydrogens is 462 g/mol. The molecule has 11 heteroatoms. The van der Waals surface area contributed by atoms with E-state index < -0.39 is 44.0 Å². The molecule has 0 saturated heterocycles. The Hall–Kier alpha value is -2.15. The van der Waals surface area contributed by atoms with Crippen LogP contribution in [0.1, 0.15) is 55.8 Å². The number of carbonyl (C=O) groups is 1. The smallest absolute Gasteiger partial charge is 0.251 e. The van der Waals surface area contributed by atoms with Gasteiger partial charge >= 0.3 is 0 Å². The fraction of sp³-hybridized carbons (Fsp3) is 0.708.